The van der Waals surface area contributed by atoms with Crippen molar-refractivity contribution in [1.29, 1.82) is 0 Å². The molecule has 1 heterocycles. The SMILES string of the molecule is CCOC(=O)c1[nH]c2c3ccccc3c3ccccc3c2c1C(=O)OCC. The van der Waals surface area contributed by atoms with Gasteiger partial charge < -0.3 is 14.5 Å². The molecule has 27 heavy (non-hydrogen) atoms. The van der Waals surface area contributed by atoms with Crippen LogP contribution in [0.4, 0.5) is 0 Å². The summed E-state index contributed by atoms with van der Waals surface area (Å²) < 4.78 is 10.4. The lowest BCUT2D eigenvalue weighted by atomic mass is 9.96. The van der Waals surface area contributed by atoms with Crippen LogP contribution in [0.5, 0.6) is 0 Å². The molecule has 0 aliphatic heterocycles. The fourth-order valence-corrected chi connectivity index (χ4v) is 3.61. The molecule has 3 aromatic carbocycles. The summed E-state index contributed by atoms with van der Waals surface area (Å²) in [5.74, 6) is -1.10. The molecule has 0 amide bonds. The number of rotatable bonds is 4. The van der Waals surface area contributed by atoms with Gasteiger partial charge in [-0.1, -0.05) is 48.5 Å². The van der Waals surface area contributed by atoms with Gasteiger partial charge in [-0.3, -0.25) is 0 Å². The minimum atomic E-state index is -0.565. The van der Waals surface area contributed by atoms with E-state index in [0.717, 1.165) is 27.1 Å². The van der Waals surface area contributed by atoms with Crippen LogP contribution in [0.25, 0.3) is 32.4 Å². The van der Waals surface area contributed by atoms with Gasteiger partial charge in [0.1, 0.15) is 11.3 Å². The zero-order valence-corrected chi connectivity index (χ0v) is 15.2. The van der Waals surface area contributed by atoms with Gasteiger partial charge in [0.05, 0.1) is 18.7 Å². The van der Waals surface area contributed by atoms with E-state index in [1.165, 1.54) is 0 Å². The first-order chi connectivity index (χ1) is 13.2. The van der Waals surface area contributed by atoms with Crippen LogP contribution in [-0.2, 0) is 9.47 Å². The molecule has 4 rings (SSSR count). The molecule has 0 aliphatic rings. The van der Waals surface area contributed by atoms with Crippen molar-refractivity contribution in [2.24, 2.45) is 0 Å². The Kier molecular flexibility index (Phi) is 4.28. The Bertz CT molecular complexity index is 1190. The summed E-state index contributed by atoms with van der Waals surface area (Å²) in [5.41, 5.74) is 1.09. The number of carbonyl (C=O) groups excluding carboxylic acids is 2. The Morgan fingerprint density at radius 2 is 1.30 bits per heavy atom. The largest absolute Gasteiger partial charge is 0.462 e. The molecule has 1 aromatic heterocycles. The van der Waals surface area contributed by atoms with Gasteiger partial charge >= 0.3 is 11.9 Å². The van der Waals surface area contributed by atoms with Crippen LogP contribution in [-0.4, -0.2) is 30.1 Å². The number of H-pyrrole nitrogens is 1. The Balaban J connectivity index is 2.21. The molecule has 4 aromatic rings. The summed E-state index contributed by atoms with van der Waals surface area (Å²) in [7, 11) is 0. The molecule has 0 unspecified atom stereocenters. The third kappa shape index (κ3) is 2.63. The van der Waals surface area contributed by atoms with Crippen molar-refractivity contribution in [3.05, 3.63) is 59.8 Å². The predicted molar refractivity (Wildman–Crippen MR) is 105 cm³/mol. The molecule has 0 saturated heterocycles. The van der Waals surface area contributed by atoms with Crippen molar-refractivity contribution in [3.63, 3.8) is 0 Å². The fraction of sp³-hybridized carbons (Fsp3) is 0.182. The van der Waals surface area contributed by atoms with Gasteiger partial charge in [0, 0.05) is 10.8 Å². The van der Waals surface area contributed by atoms with Crippen LogP contribution in [0.2, 0.25) is 0 Å². The molecule has 0 radical (unpaired) electrons. The van der Waals surface area contributed by atoms with E-state index >= 15 is 0 Å². The molecule has 136 valence electrons. The summed E-state index contributed by atoms with van der Waals surface area (Å²) in [5, 5.41) is 4.58. The molecule has 5 heteroatoms. The van der Waals surface area contributed by atoms with E-state index in [9.17, 15) is 9.59 Å². The Morgan fingerprint density at radius 1 is 0.778 bits per heavy atom. The second-order valence-corrected chi connectivity index (χ2v) is 6.16. The van der Waals surface area contributed by atoms with E-state index in [-0.39, 0.29) is 24.5 Å². The number of nitrogens with one attached hydrogen (secondary N) is 1. The zero-order valence-electron chi connectivity index (χ0n) is 15.2. The summed E-state index contributed by atoms with van der Waals surface area (Å²) in [4.78, 5) is 28.5. The number of hydrogen-bond acceptors (Lipinski definition) is 4. The van der Waals surface area contributed by atoms with E-state index in [1.54, 1.807) is 13.8 Å². The van der Waals surface area contributed by atoms with E-state index in [1.807, 2.05) is 48.5 Å². The smallest absolute Gasteiger partial charge is 0.355 e. The second kappa shape index (κ2) is 6.76. The summed E-state index contributed by atoms with van der Waals surface area (Å²) in [6.07, 6.45) is 0. The third-order valence-electron chi connectivity index (χ3n) is 4.64. The van der Waals surface area contributed by atoms with Crippen LogP contribution in [0.1, 0.15) is 34.7 Å². The van der Waals surface area contributed by atoms with E-state index in [0.29, 0.717) is 5.39 Å². The van der Waals surface area contributed by atoms with Crippen molar-refractivity contribution < 1.29 is 19.1 Å². The average molecular weight is 361 g/mol. The highest BCUT2D eigenvalue weighted by atomic mass is 16.5. The van der Waals surface area contributed by atoms with Crippen molar-refractivity contribution in [2.45, 2.75) is 13.8 Å². The molecule has 0 atom stereocenters. The number of aromatic nitrogens is 1. The van der Waals surface area contributed by atoms with Gasteiger partial charge in [-0.05, 0) is 30.0 Å². The summed E-state index contributed by atoms with van der Waals surface area (Å²) in [6.45, 7) is 3.91. The number of hydrogen-bond donors (Lipinski definition) is 1. The first-order valence-electron chi connectivity index (χ1n) is 8.96. The summed E-state index contributed by atoms with van der Waals surface area (Å²) >= 11 is 0. The minimum absolute atomic E-state index is 0.131. The number of carbonyl (C=O) groups is 2. The topological polar surface area (TPSA) is 68.4 Å². The molecule has 5 nitrogen and oxygen atoms in total. The second-order valence-electron chi connectivity index (χ2n) is 6.16. The van der Waals surface area contributed by atoms with Crippen LogP contribution in [0, 0.1) is 0 Å². The first kappa shape index (κ1) is 17.1. The number of esters is 2. The molecule has 0 bridgehead atoms. The maximum atomic E-state index is 12.8. The van der Waals surface area contributed by atoms with E-state index in [2.05, 4.69) is 4.98 Å². The molecule has 1 N–H and O–H groups in total. The van der Waals surface area contributed by atoms with Crippen molar-refractivity contribution in [3.8, 4) is 0 Å². The highest BCUT2D eigenvalue weighted by Gasteiger charge is 2.27. The van der Waals surface area contributed by atoms with Crippen LogP contribution < -0.4 is 0 Å². The number of aromatic amines is 1. The van der Waals surface area contributed by atoms with Gasteiger partial charge in [-0.2, -0.15) is 0 Å². The highest BCUT2D eigenvalue weighted by Crippen LogP contribution is 2.38. The van der Waals surface area contributed by atoms with E-state index in [4.69, 9.17) is 9.47 Å². The third-order valence-corrected chi connectivity index (χ3v) is 4.64. The van der Waals surface area contributed by atoms with Gasteiger partial charge in [-0.25, -0.2) is 9.59 Å². The van der Waals surface area contributed by atoms with Crippen LogP contribution in [0.15, 0.2) is 48.5 Å². The molecule has 0 saturated carbocycles. The van der Waals surface area contributed by atoms with Crippen LogP contribution in [0.3, 0.4) is 0 Å². The standard InChI is InChI=1S/C22H19NO4/c1-3-26-21(24)18-17-15-11-7-5-9-13(15)14-10-6-8-12-16(14)19(17)23-20(18)22(25)27-4-2/h5-12,23H,3-4H2,1-2H3. The lowest BCUT2D eigenvalue weighted by molar-refractivity contribution is 0.0477. The van der Waals surface area contributed by atoms with Crippen molar-refractivity contribution in [2.75, 3.05) is 13.2 Å². The predicted octanol–water partition coefficient (Wildman–Crippen LogP) is 4.83. The molecule has 0 aliphatic carbocycles. The van der Waals surface area contributed by atoms with Crippen LogP contribution >= 0.6 is 0 Å². The van der Waals surface area contributed by atoms with Crippen molar-refractivity contribution >= 4 is 44.4 Å². The number of benzene rings is 3. The maximum Gasteiger partial charge on any atom is 0.355 e. The lowest BCUT2D eigenvalue weighted by Gasteiger charge is -2.08. The number of fused-ring (bicyclic) bond motifs is 6. The Morgan fingerprint density at radius 3 is 1.93 bits per heavy atom. The van der Waals surface area contributed by atoms with Gasteiger partial charge in [0.25, 0.3) is 0 Å². The molecular weight excluding hydrogens is 342 g/mol. The first-order valence-corrected chi connectivity index (χ1v) is 8.96. The zero-order chi connectivity index (χ0) is 19.0. The monoisotopic (exact) mass is 361 g/mol. The van der Waals surface area contributed by atoms with Crippen molar-refractivity contribution in [1.82, 2.24) is 4.98 Å². The summed E-state index contributed by atoms with van der Waals surface area (Å²) in [6, 6.07) is 15.8. The fourth-order valence-electron chi connectivity index (χ4n) is 3.61. The van der Waals surface area contributed by atoms with Gasteiger partial charge in [-0.15, -0.1) is 0 Å². The number of ether oxygens (including phenoxy) is 2. The van der Waals surface area contributed by atoms with E-state index < -0.39 is 11.9 Å². The maximum absolute atomic E-state index is 12.8. The lowest BCUT2D eigenvalue weighted by Crippen LogP contribution is -2.13. The van der Waals surface area contributed by atoms with Gasteiger partial charge in [0.2, 0.25) is 0 Å². The molecular formula is C22H19NO4. The van der Waals surface area contributed by atoms with Gasteiger partial charge in [0.15, 0.2) is 0 Å². The minimum Gasteiger partial charge on any atom is -0.462 e. The average Bonchev–Trinajstić information content (AvgIpc) is 3.10. The molecule has 0 fully saturated rings. The Hall–Kier alpha value is -3.34. The highest BCUT2D eigenvalue weighted by molar-refractivity contribution is 6.30. The molecule has 0 spiro atoms. The normalized spacial score (nSPS) is 11.2. The quantitative estimate of drug-likeness (QED) is 0.418. The Labute approximate surface area is 155 Å².